The number of H-pyrrole nitrogens is 1. The van der Waals surface area contributed by atoms with Crippen molar-refractivity contribution in [3.63, 3.8) is 0 Å². The van der Waals surface area contributed by atoms with Crippen molar-refractivity contribution < 1.29 is 23.0 Å². The quantitative estimate of drug-likeness (QED) is 0.844. The summed E-state index contributed by atoms with van der Waals surface area (Å²) in [5.74, 6) is -0.457. The normalized spacial score (nSPS) is 11.5. The van der Waals surface area contributed by atoms with Crippen molar-refractivity contribution in [2.75, 3.05) is 6.61 Å². The van der Waals surface area contributed by atoms with Gasteiger partial charge in [0.2, 0.25) is 0 Å². The summed E-state index contributed by atoms with van der Waals surface area (Å²) in [6, 6.07) is 6.49. The van der Waals surface area contributed by atoms with Crippen molar-refractivity contribution in [3.8, 4) is 17.0 Å². The number of hydrogen-bond donors (Lipinski definition) is 2. The van der Waals surface area contributed by atoms with Crippen LogP contribution in [0.25, 0.3) is 11.3 Å². The van der Waals surface area contributed by atoms with Gasteiger partial charge in [-0.3, -0.25) is 9.78 Å². The zero-order chi connectivity index (χ0) is 16.3. The van der Waals surface area contributed by atoms with E-state index in [1.165, 1.54) is 22.8 Å². The molecule has 0 aliphatic heterocycles. The molecule has 1 aromatic heterocycles. The number of aromatic nitrogens is 2. The number of alkyl halides is 3. The average Bonchev–Trinajstić information content (AvgIpc) is 2.40. The molecule has 1 aromatic carbocycles. The Labute approximate surface area is 127 Å². The zero-order valence-corrected chi connectivity index (χ0v) is 11.9. The molecule has 0 saturated carbocycles. The van der Waals surface area contributed by atoms with E-state index in [0.29, 0.717) is 0 Å². The molecule has 0 radical (unpaired) electrons. The van der Waals surface area contributed by atoms with Crippen LogP contribution in [0.1, 0.15) is 0 Å². The van der Waals surface area contributed by atoms with Gasteiger partial charge in [-0.05, 0) is 24.4 Å². The lowest BCUT2D eigenvalue weighted by Gasteiger charge is -2.16. The molecule has 0 amide bonds. The fourth-order valence-electron chi connectivity index (χ4n) is 1.96. The van der Waals surface area contributed by atoms with E-state index in [0.717, 1.165) is 12.1 Å². The molecule has 0 fully saturated rings. The number of para-hydroxylation sites is 1. The Balaban J connectivity index is 2.67. The second kappa shape index (κ2) is 6.32. The van der Waals surface area contributed by atoms with E-state index < -0.39 is 17.7 Å². The molecule has 0 bridgehead atoms. The molecule has 0 aliphatic rings. The van der Waals surface area contributed by atoms with Crippen LogP contribution in [0.15, 0.2) is 35.1 Å². The number of hydrogen-bond acceptors (Lipinski definition) is 4. The molecular formula is C13H11F3N2O3S. The van der Waals surface area contributed by atoms with Crippen LogP contribution in [0.5, 0.6) is 5.75 Å². The van der Waals surface area contributed by atoms with Crippen LogP contribution in [0.4, 0.5) is 13.2 Å². The maximum absolute atomic E-state index is 12.5. The maximum atomic E-state index is 12.5. The molecule has 118 valence electrons. The average molecular weight is 332 g/mol. The largest absolute Gasteiger partial charge is 0.573 e. The Morgan fingerprint density at radius 2 is 2.00 bits per heavy atom. The van der Waals surface area contributed by atoms with Crippen LogP contribution in [-0.4, -0.2) is 27.6 Å². The lowest BCUT2D eigenvalue weighted by atomic mass is 10.1. The highest BCUT2D eigenvalue weighted by Gasteiger charge is 2.32. The van der Waals surface area contributed by atoms with Crippen LogP contribution < -0.4 is 10.3 Å². The van der Waals surface area contributed by atoms with E-state index in [2.05, 4.69) is 9.72 Å². The van der Waals surface area contributed by atoms with Gasteiger partial charge in [0, 0.05) is 18.2 Å². The molecule has 22 heavy (non-hydrogen) atoms. The summed E-state index contributed by atoms with van der Waals surface area (Å²) < 4.78 is 42.8. The third kappa shape index (κ3) is 3.74. The van der Waals surface area contributed by atoms with Crippen LogP contribution in [0.2, 0.25) is 0 Å². The molecule has 0 spiro atoms. The Kier molecular flexibility index (Phi) is 4.67. The monoisotopic (exact) mass is 332 g/mol. The lowest BCUT2D eigenvalue weighted by Crippen LogP contribution is -2.19. The molecule has 2 rings (SSSR count). The number of ether oxygens (including phenoxy) is 1. The van der Waals surface area contributed by atoms with Gasteiger partial charge in [0.15, 0.2) is 4.77 Å². The molecule has 2 N–H and O–H groups in total. The fourth-order valence-corrected chi connectivity index (χ4v) is 2.25. The first-order valence-corrected chi connectivity index (χ1v) is 6.53. The SMILES string of the molecule is O=c1cc(-c2ccccc2OC(F)(F)F)n(CCO)c(=S)[nH]1. The van der Waals surface area contributed by atoms with Gasteiger partial charge in [0.25, 0.3) is 5.56 Å². The Bertz CT molecular complexity index is 783. The first-order chi connectivity index (χ1) is 10.3. The predicted molar refractivity (Wildman–Crippen MR) is 75.1 cm³/mol. The number of aliphatic hydroxyl groups is 1. The summed E-state index contributed by atoms with van der Waals surface area (Å²) in [5.41, 5.74) is -0.385. The molecule has 0 aliphatic carbocycles. The van der Waals surface area contributed by atoms with Crippen molar-refractivity contribution in [2.45, 2.75) is 12.9 Å². The first-order valence-electron chi connectivity index (χ1n) is 6.12. The summed E-state index contributed by atoms with van der Waals surface area (Å²) in [6.07, 6.45) is -4.87. The number of benzene rings is 1. The van der Waals surface area contributed by atoms with E-state index >= 15 is 0 Å². The second-order valence-corrected chi connectivity index (χ2v) is 4.63. The zero-order valence-electron chi connectivity index (χ0n) is 11.1. The lowest BCUT2D eigenvalue weighted by molar-refractivity contribution is -0.274. The maximum Gasteiger partial charge on any atom is 0.573 e. The summed E-state index contributed by atoms with van der Waals surface area (Å²) in [6.45, 7) is -0.277. The molecule has 0 atom stereocenters. The second-order valence-electron chi connectivity index (χ2n) is 4.24. The molecule has 5 nitrogen and oxygen atoms in total. The summed E-state index contributed by atoms with van der Waals surface area (Å²) in [4.78, 5) is 13.9. The van der Waals surface area contributed by atoms with E-state index in [4.69, 9.17) is 17.3 Å². The van der Waals surface area contributed by atoms with Gasteiger partial charge >= 0.3 is 6.36 Å². The minimum atomic E-state index is -4.87. The van der Waals surface area contributed by atoms with E-state index in [9.17, 15) is 18.0 Å². The Morgan fingerprint density at radius 1 is 1.32 bits per heavy atom. The van der Waals surface area contributed by atoms with Crippen molar-refractivity contribution in [3.05, 3.63) is 45.5 Å². The van der Waals surface area contributed by atoms with Gasteiger partial charge in [0.1, 0.15) is 5.75 Å². The Hall–Kier alpha value is -2.13. The van der Waals surface area contributed by atoms with Gasteiger partial charge < -0.3 is 14.4 Å². The first kappa shape index (κ1) is 16.2. The molecule has 9 heteroatoms. The third-order valence-corrected chi connectivity index (χ3v) is 3.07. The number of aromatic amines is 1. The fraction of sp³-hybridized carbons (Fsp3) is 0.231. The van der Waals surface area contributed by atoms with E-state index in [1.807, 2.05) is 0 Å². The number of nitrogens with zero attached hydrogens (tertiary/aromatic N) is 1. The topological polar surface area (TPSA) is 67.2 Å². The summed E-state index contributed by atoms with van der Waals surface area (Å²) >= 11 is 4.98. The molecule has 2 aromatic rings. The van der Waals surface area contributed by atoms with E-state index in [-0.39, 0.29) is 29.2 Å². The number of aliphatic hydroxyl groups excluding tert-OH is 1. The molecular weight excluding hydrogens is 321 g/mol. The van der Waals surface area contributed by atoms with Gasteiger partial charge in [-0.15, -0.1) is 13.2 Å². The van der Waals surface area contributed by atoms with Crippen LogP contribution in [0, 0.1) is 4.77 Å². The summed E-state index contributed by atoms with van der Waals surface area (Å²) in [5, 5.41) is 9.07. The minimum absolute atomic E-state index is 0.00152. The van der Waals surface area contributed by atoms with Gasteiger partial charge in [-0.1, -0.05) is 12.1 Å². The minimum Gasteiger partial charge on any atom is -0.405 e. The smallest absolute Gasteiger partial charge is 0.405 e. The van der Waals surface area contributed by atoms with Crippen molar-refractivity contribution in [1.29, 1.82) is 0 Å². The predicted octanol–water partition coefficient (Wildman–Crippen LogP) is 2.46. The highest BCUT2D eigenvalue weighted by atomic mass is 32.1. The number of nitrogens with one attached hydrogen (secondary N) is 1. The highest BCUT2D eigenvalue weighted by molar-refractivity contribution is 7.71. The number of rotatable bonds is 4. The van der Waals surface area contributed by atoms with E-state index in [1.54, 1.807) is 0 Å². The van der Waals surface area contributed by atoms with Crippen molar-refractivity contribution in [2.24, 2.45) is 0 Å². The van der Waals surface area contributed by atoms with Gasteiger partial charge in [-0.25, -0.2) is 0 Å². The standard InChI is InChI=1S/C13H11F3N2O3S/c14-13(15,16)21-10-4-2-1-3-8(10)9-7-11(20)17-12(22)18(9)5-6-19/h1-4,7,19H,5-6H2,(H,17,20,22). The van der Waals surface area contributed by atoms with Crippen LogP contribution in [0.3, 0.4) is 0 Å². The molecule has 0 unspecified atom stereocenters. The molecule has 0 saturated heterocycles. The van der Waals surface area contributed by atoms with Crippen LogP contribution >= 0.6 is 12.2 Å². The van der Waals surface area contributed by atoms with Gasteiger partial charge in [-0.2, -0.15) is 0 Å². The number of halogens is 3. The molecule has 1 heterocycles. The van der Waals surface area contributed by atoms with Crippen LogP contribution in [-0.2, 0) is 6.54 Å². The van der Waals surface area contributed by atoms with Gasteiger partial charge in [0.05, 0.1) is 12.3 Å². The summed E-state index contributed by atoms with van der Waals surface area (Å²) in [7, 11) is 0. The van der Waals surface area contributed by atoms with Crippen molar-refractivity contribution in [1.82, 2.24) is 9.55 Å². The van der Waals surface area contributed by atoms with Crippen molar-refractivity contribution >= 4 is 12.2 Å². The Morgan fingerprint density at radius 3 is 2.64 bits per heavy atom. The third-order valence-electron chi connectivity index (χ3n) is 2.75. The highest BCUT2D eigenvalue weighted by Crippen LogP contribution is 2.33.